The normalized spacial score (nSPS) is 12.2. The molecule has 0 heterocycles. The molecular weight excluding hydrogens is 315 g/mol. The summed E-state index contributed by atoms with van der Waals surface area (Å²) in [4.78, 5) is 36.1. The first-order chi connectivity index (χ1) is 9.11. The molecule has 0 aliphatic heterocycles. The van der Waals surface area contributed by atoms with E-state index in [-0.39, 0.29) is 45.9 Å². The van der Waals surface area contributed by atoms with E-state index in [0.29, 0.717) is 11.1 Å². The Morgan fingerprint density at radius 2 is 1.35 bits per heavy atom. The Labute approximate surface area is 125 Å². The number of fused-ring (bicyclic) bond motifs is 2. The number of ketones is 2. The Bertz CT molecular complexity index is 753. The van der Waals surface area contributed by atoms with Crippen LogP contribution in [0.4, 0.5) is 0 Å². The van der Waals surface area contributed by atoms with E-state index in [0.717, 1.165) is 0 Å². The van der Waals surface area contributed by atoms with Crippen molar-refractivity contribution in [2.75, 3.05) is 0 Å². The van der Waals surface area contributed by atoms with E-state index in [4.69, 9.17) is 5.73 Å². The molecule has 1 aliphatic carbocycles. The Morgan fingerprint density at radius 3 is 1.95 bits per heavy atom. The number of carbonyl (C=O) groups excluding carboxylic acids is 3. The molecule has 0 fully saturated rings. The van der Waals surface area contributed by atoms with Gasteiger partial charge in [-0.15, -0.1) is 0 Å². The van der Waals surface area contributed by atoms with E-state index in [9.17, 15) is 14.4 Å². The number of primary amides is 1. The van der Waals surface area contributed by atoms with Crippen molar-refractivity contribution in [2.24, 2.45) is 5.73 Å². The second-order valence-electron chi connectivity index (χ2n) is 4.30. The van der Waals surface area contributed by atoms with Gasteiger partial charge < -0.3 is 5.73 Å². The van der Waals surface area contributed by atoms with Gasteiger partial charge >= 0.3 is 17.6 Å². The monoisotopic (exact) mass is 329 g/mol. The van der Waals surface area contributed by atoms with Gasteiger partial charge in [0.25, 0.3) is 0 Å². The zero-order valence-electron chi connectivity index (χ0n) is 9.84. The molecule has 0 aromatic heterocycles. The Morgan fingerprint density at radius 1 is 0.800 bits per heavy atom. The molecule has 0 radical (unpaired) electrons. The van der Waals surface area contributed by atoms with Gasteiger partial charge in [-0.05, 0) is 6.07 Å². The Balaban J connectivity index is 0.00000147. The first kappa shape index (κ1) is 14.2. The Hall–Kier alpha value is -2.21. The Kier molecular flexibility index (Phi) is 3.59. The minimum atomic E-state index is -0.711. The number of amides is 1. The van der Waals surface area contributed by atoms with Gasteiger partial charge in [-0.2, -0.15) is 0 Å². The first-order valence-corrected chi connectivity index (χ1v) is 5.72. The molecule has 20 heavy (non-hydrogen) atoms. The second kappa shape index (κ2) is 5.05. The number of carbonyl (C=O) groups is 3. The molecule has 5 heteroatoms. The first-order valence-electron chi connectivity index (χ1n) is 5.72. The molecule has 0 bridgehead atoms. The number of hydrogen-bond acceptors (Lipinski definition) is 3. The van der Waals surface area contributed by atoms with Gasteiger partial charge in [0.05, 0.1) is 5.56 Å². The molecule has 3 rings (SSSR count). The second-order valence-corrected chi connectivity index (χ2v) is 4.30. The molecule has 100 valence electrons. The van der Waals surface area contributed by atoms with E-state index < -0.39 is 5.91 Å². The third-order valence-electron chi connectivity index (χ3n) is 3.22. The van der Waals surface area contributed by atoms with E-state index in [1.54, 1.807) is 30.3 Å². The summed E-state index contributed by atoms with van der Waals surface area (Å²) in [7, 11) is 0. The summed E-state index contributed by atoms with van der Waals surface area (Å²) >= 11 is 0. The van der Waals surface area contributed by atoms with E-state index in [2.05, 4.69) is 0 Å². The van der Waals surface area contributed by atoms with Crippen molar-refractivity contribution < 1.29 is 14.4 Å². The van der Waals surface area contributed by atoms with Gasteiger partial charge in [-0.25, -0.2) is 0 Å². The van der Waals surface area contributed by atoms with Crippen LogP contribution in [0.5, 0.6) is 0 Å². The van der Waals surface area contributed by atoms with Crippen molar-refractivity contribution >= 4 is 35.1 Å². The van der Waals surface area contributed by atoms with Crippen LogP contribution in [0.25, 0.3) is 0 Å². The molecule has 2 N–H and O–H groups in total. The molecule has 2 aromatic rings. The van der Waals surface area contributed by atoms with Crippen LogP contribution in [-0.4, -0.2) is 35.1 Å². The fourth-order valence-electron chi connectivity index (χ4n) is 2.35. The third-order valence-corrected chi connectivity index (χ3v) is 3.22. The van der Waals surface area contributed by atoms with Gasteiger partial charge in [0.15, 0.2) is 11.6 Å². The van der Waals surface area contributed by atoms with E-state index >= 15 is 0 Å². The van der Waals surface area contributed by atoms with Crippen LogP contribution in [0.2, 0.25) is 0 Å². The standard InChI is InChI=1S/C15H9NO3.GeH4/c16-15(19)11-7-3-6-10-12(11)14(18)9-5-2-1-4-8(9)13(10)17;/h1-7H,(H2,16,19);1H4. The molecule has 2 aromatic carbocycles. The van der Waals surface area contributed by atoms with Crippen LogP contribution in [0.3, 0.4) is 0 Å². The SMILES string of the molecule is NC(=O)c1cccc2c1C(=O)c1ccccc1C2=O.[GeH4]. The molecule has 1 aliphatic rings. The van der Waals surface area contributed by atoms with Gasteiger partial charge in [0, 0.05) is 22.3 Å². The summed E-state index contributed by atoms with van der Waals surface area (Å²) in [6.45, 7) is 0. The third kappa shape index (κ3) is 1.89. The number of benzene rings is 2. The molecule has 0 saturated carbocycles. The molecule has 0 unspecified atom stereocenters. The summed E-state index contributed by atoms with van der Waals surface area (Å²) in [5, 5.41) is 0. The van der Waals surface area contributed by atoms with Crippen LogP contribution in [0, 0.1) is 0 Å². The van der Waals surface area contributed by atoms with Crippen LogP contribution in [0.1, 0.15) is 42.2 Å². The molecule has 0 spiro atoms. The summed E-state index contributed by atoms with van der Waals surface area (Å²) in [6.07, 6.45) is 0. The summed E-state index contributed by atoms with van der Waals surface area (Å²) in [5.74, 6) is -1.30. The summed E-state index contributed by atoms with van der Waals surface area (Å²) in [6, 6.07) is 11.1. The maximum atomic E-state index is 12.4. The molecular formula is C15H13GeNO3. The van der Waals surface area contributed by atoms with Gasteiger partial charge in [0.2, 0.25) is 5.91 Å². The van der Waals surface area contributed by atoms with Gasteiger partial charge in [0.1, 0.15) is 0 Å². The van der Waals surface area contributed by atoms with Gasteiger partial charge in [-0.1, -0.05) is 36.4 Å². The van der Waals surface area contributed by atoms with Crippen LogP contribution >= 0.6 is 0 Å². The topological polar surface area (TPSA) is 77.2 Å². The number of hydrogen-bond donors (Lipinski definition) is 1. The van der Waals surface area contributed by atoms with Crippen molar-refractivity contribution in [3.63, 3.8) is 0 Å². The van der Waals surface area contributed by atoms with Crippen LogP contribution < -0.4 is 5.73 Å². The summed E-state index contributed by atoms with van der Waals surface area (Å²) in [5.41, 5.74) is 6.37. The molecule has 0 saturated heterocycles. The average molecular weight is 328 g/mol. The number of nitrogens with two attached hydrogens (primary N) is 1. The van der Waals surface area contributed by atoms with E-state index in [1.165, 1.54) is 12.1 Å². The summed E-state index contributed by atoms with van der Waals surface area (Å²) < 4.78 is 0. The van der Waals surface area contributed by atoms with Crippen molar-refractivity contribution in [3.8, 4) is 0 Å². The van der Waals surface area contributed by atoms with E-state index in [1.807, 2.05) is 0 Å². The average Bonchev–Trinajstić information content (AvgIpc) is 2.44. The minimum absolute atomic E-state index is 0. The molecule has 0 atom stereocenters. The fraction of sp³-hybridized carbons (Fsp3) is 0. The van der Waals surface area contributed by atoms with Crippen molar-refractivity contribution in [3.05, 3.63) is 70.3 Å². The van der Waals surface area contributed by atoms with Crippen molar-refractivity contribution in [1.82, 2.24) is 0 Å². The zero-order chi connectivity index (χ0) is 13.6. The van der Waals surface area contributed by atoms with Crippen LogP contribution in [-0.2, 0) is 0 Å². The quantitative estimate of drug-likeness (QED) is 0.644. The predicted molar refractivity (Wildman–Crippen MR) is 79.6 cm³/mol. The van der Waals surface area contributed by atoms with Gasteiger partial charge in [-0.3, -0.25) is 14.4 Å². The number of rotatable bonds is 1. The van der Waals surface area contributed by atoms with Crippen molar-refractivity contribution in [1.29, 1.82) is 0 Å². The van der Waals surface area contributed by atoms with Crippen molar-refractivity contribution in [2.45, 2.75) is 0 Å². The zero-order valence-corrected chi connectivity index (χ0v) is 9.84. The predicted octanol–water partition coefficient (Wildman–Crippen LogP) is 0.109. The molecule has 1 amide bonds. The maximum absolute atomic E-state index is 12.4. The molecule has 4 nitrogen and oxygen atoms in total. The van der Waals surface area contributed by atoms with Crippen LogP contribution in [0.15, 0.2) is 42.5 Å². The fourth-order valence-corrected chi connectivity index (χ4v) is 2.35.